The number of methoxy groups -OCH3 is 1. The van der Waals surface area contributed by atoms with Crippen molar-refractivity contribution in [2.45, 2.75) is 19.4 Å². The molecule has 0 radical (unpaired) electrons. The molecule has 0 aliphatic heterocycles. The second-order valence-electron chi connectivity index (χ2n) is 5.26. The Labute approximate surface area is 132 Å². The first-order valence-electron chi connectivity index (χ1n) is 7.66. The molecule has 1 aromatic carbocycles. The van der Waals surface area contributed by atoms with Crippen LogP contribution in [0.4, 0.5) is 0 Å². The quantitative estimate of drug-likeness (QED) is 0.814. The zero-order valence-electron chi connectivity index (χ0n) is 13.3. The Balaban J connectivity index is 1.94. The van der Waals surface area contributed by atoms with Crippen molar-refractivity contribution >= 4 is 0 Å². The fraction of sp³-hybridized carbons (Fsp3) is 0.389. The number of rotatable bonds is 8. The molecular weight excluding hydrogens is 276 g/mol. The molecule has 1 unspecified atom stereocenters. The van der Waals surface area contributed by atoms with Crippen LogP contribution in [0.15, 0.2) is 48.8 Å². The zero-order valence-corrected chi connectivity index (χ0v) is 13.3. The van der Waals surface area contributed by atoms with E-state index in [9.17, 15) is 5.11 Å². The van der Waals surface area contributed by atoms with Gasteiger partial charge in [-0.05, 0) is 36.7 Å². The fourth-order valence-electron chi connectivity index (χ4n) is 2.50. The first kappa shape index (κ1) is 16.5. The summed E-state index contributed by atoms with van der Waals surface area (Å²) in [5.41, 5.74) is 2.10. The normalized spacial score (nSPS) is 12.4. The second kappa shape index (κ2) is 8.51. The lowest BCUT2D eigenvalue weighted by molar-refractivity contribution is 0.114. The molecule has 0 saturated heterocycles. The molecule has 1 heterocycles. The van der Waals surface area contributed by atoms with Gasteiger partial charge in [0.15, 0.2) is 0 Å². The van der Waals surface area contributed by atoms with Gasteiger partial charge in [-0.25, -0.2) is 0 Å². The van der Waals surface area contributed by atoms with Gasteiger partial charge in [-0.3, -0.25) is 4.98 Å². The molecule has 1 aromatic heterocycles. The molecule has 4 nitrogen and oxygen atoms in total. The van der Waals surface area contributed by atoms with E-state index < -0.39 is 6.10 Å². The molecule has 0 spiro atoms. The Hall–Kier alpha value is -1.91. The monoisotopic (exact) mass is 300 g/mol. The number of likely N-dealkylation sites (N-methyl/N-ethyl adjacent to an activating group) is 1. The molecule has 2 rings (SSSR count). The molecule has 2 aromatic rings. The summed E-state index contributed by atoms with van der Waals surface area (Å²) < 4.78 is 5.33. The molecule has 0 amide bonds. The first-order valence-corrected chi connectivity index (χ1v) is 7.66. The Bertz CT molecular complexity index is 560. The minimum Gasteiger partial charge on any atom is -0.496 e. The van der Waals surface area contributed by atoms with E-state index in [2.05, 4.69) is 16.8 Å². The van der Waals surface area contributed by atoms with Crippen LogP contribution in [0.25, 0.3) is 0 Å². The van der Waals surface area contributed by atoms with E-state index >= 15 is 0 Å². The van der Waals surface area contributed by atoms with Crippen molar-refractivity contribution in [1.29, 1.82) is 0 Å². The molecule has 1 atom stereocenters. The molecule has 0 aliphatic rings. The topological polar surface area (TPSA) is 45.6 Å². The molecule has 0 aliphatic carbocycles. The number of benzene rings is 1. The van der Waals surface area contributed by atoms with Crippen LogP contribution >= 0.6 is 0 Å². The summed E-state index contributed by atoms with van der Waals surface area (Å²) >= 11 is 0. The van der Waals surface area contributed by atoms with Gasteiger partial charge >= 0.3 is 0 Å². The Morgan fingerprint density at radius 2 is 1.91 bits per heavy atom. The maximum atomic E-state index is 10.5. The third-order valence-corrected chi connectivity index (χ3v) is 3.84. The van der Waals surface area contributed by atoms with Crippen LogP contribution in [-0.4, -0.2) is 41.7 Å². The first-order chi connectivity index (χ1) is 10.7. The van der Waals surface area contributed by atoms with Gasteiger partial charge in [-0.15, -0.1) is 0 Å². The van der Waals surface area contributed by atoms with Crippen molar-refractivity contribution in [3.63, 3.8) is 0 Å². The van der Waals surface area contributed by atoms with Crippen LogP contribution in [0.2, 0.25) is 0 Å². The van der Waals surface area contributed by atoms with Crippen molar-refractivity contribution in [2.24, 2.45) is 0 Å². The fourth-order valence-corrected chi connectivity index (χ4v) is 2.50. The summed E-state index contributed by atoms with van der Waals surface area (Å²) in [6, 6.07) is 11.7. The minimum atomic E-state index is -0.548. The third kappa shape index (κ3) is 4.55. The highest BCUT2D eigenvalue weighted by Gasteiger charge is 2.16. The van der Waals surface area contributed by atoms with Gasteiger partial charge in [-0.1, -0.05) is 25.1 Å². The smallest absolute Gasteiger partial charge is 0.124 e. The second-order valence-corrected chi connectivity index (χ2v) is 5.26. The van der Waals surface area contributed by atoms with Crippen LogP contribution in [0.5, 0.6) is 5.75 Å². The summed E-state index contributed by atoms with van der Waals surface area (Å²) in [4.78, 5) is 6.28. The highest BCUT2D eigenvalue weighted by Crippen LogP contribution is 2.25. The van der Waals surface area contributed by atoms with E-state index in [1.54, 1.807) is 7.11 Å². The van der Waals surface area contributed by atoms with Crippen molar-refractivity contribution in [3.05, 3.63) is 59.9 Å². The number of aliphatic hydroxyl groups is 1. The molecular formula is C18H24N2O2. The van der Waals surface area contributed by atoms with E-state index in [0.29, 0.717) is 6.54 Å². The average Bonchev–Trinajstić information content (AvgIpc) is 2.59. The number of aromatic nitrogens is 1. The third-order valence-electron chi connectivity index (χ3n) is 3.84. The van der Waals surface area contributed by atoms with E-state index in [4.69, 9.17) is 4.74 Å². The minimum absolute atomic E-state index is 0.548. The van der Waals surface area contributed by atoms with E-state index in [0.717, 1.165) is 30.8 Å². The maximum Gasteiger partial charge on any atom is 0.124 e. The molecule has 0 fully saturated rings. The molecule has 1 N–H and O–H groups in total. The molecule has 118 valence electrons. The number of hydrogen-bond acceptors (Lipinski definition) is 4. The van der Waals surface area contributed by atoms with Crippen LogP contribution in [-0.2, 0) is 6.42 Å². The van der Waals surface area contributed by atoms with Crippen molar-refractivity contribution in [3.8, 4) is 5.75 Å². The maximum absolute atomic E-state index is 10.5. The number of ether oxygens (including phenoxy) is 1. The predicted octanol–water partition coefficient (Wildman–Crippen LogP) is 2.69. The highest BCUT2D eigenvalue weighted by molar-refractivity contribution is 5.35. The van der Waals surface area contributed by atoms with E-state index in [-0.39, 0.29) is 0 Å². The number of nitrogens with zero attached hydrogens (tertiary/aromatic N) is 2. The van der Waals surface area contributed by atoms with Gasteiger partial charge < -0.3 is 14.7 Å². The van der Waals surface area contributed by atoms with Gasteiger partial charge in [0.25, 0.3) is 0 Å². The van der Waals surface area contributed by atoms with Gasteiger partial charge in [-0.2, -0.15) is 0 Å². The number of pyridine rings is 1. The Morgan fingerprint density at radius 1 is 1.18 bits per heavy atom. The van der Waals surface area contributed by atoms with E-state index in [1.165, 1.54) is 5.56 Å². The standard InChI is InChI=1S/C18H24N2O2/c1-3-20(13-10-15-8-11-19-12-9-15)14-17(21)16-6-4-5-7-18(16)22-2/h4-9,11-12,17,21H,3,10,13-14H2,1-2H3. The predicted molar refractivity (Wildman–Crippen MR) is 88.0 cm³/mol. The summed E-state index contributed by atoms with van der Waals surface area (Å²) in [7, 11) is 1.63. The molecule has 0 bridgehead atoms. The summed E-state index contributed by atoms with van der Waals surface area (Å²) in [5, 5.41) is 10.5. The summed E-state index contributed by atoms with van der Waals surface area (Å²) in [6.07, 6.45) is 4.04. The molecule has 4 heteroatoms. The van der Waals surface area contributed by atoms with E-state index in [1.807, 2.05) is 48.8 Å². The van der Waals surface area contributed by atoms with Crippen LogP contribution in [0.1, 0.15) is 24.2 Å². The summed E-state index contributed by atoms with van der Waals surface area (Å²) in [5.74, 6) is 0.736. The number of hydrogen-bond donors (Lipinski definition) is 1. The van der Waals surface area contributed by atoms with Gasteiger partial charge in [0.1, 0.15) is 5.75 Å². The van der Waals surface area contributed by atoms with Crippen LogP contribution < -0.4 is 4.74 Å². The lowest BCUT2D eigenvalue weighted by atomic mass is 10.1. The van der Waals surface area contributed by atoms with Gasteiger partial charge in [0, 0.05) is 31.0 Å². The SMILES string of the molecule is CCN(CCc1ccncc1)CC(O)c1ccccc1OC. The van der Waals surface area contributed by atoms with Gasteiger partial charge in [0.2, 0.25) is 0 Å². The number of para-hydroxylation sites is 1. The van der Waals surface area contributed by atoms with Crippen LogP contribution in [0.3, 0.4) is 0 Å². The zero-order chi connectivity index (χ0) is 15.8. The molecule has 0 saturated carbocycles. The Kier molecular flexibility index (Phi) is 6.37. The van der Waals surface area contributed by atoms with Crippen molar-refractivity contribution in [2.75, 3.05) is 26.7 Å². The van der Waals surface area contributed by atoms with Crippen LogP contribution in [0, 0.1) is 0 Å². The number of aliphatic hydroxyl groups excluding tert-OH is 1. The lowest BCUT2D eigenvalue weighted by Gasteiger charge is -2.24. The Morgan fingerprint density at radius 3 is 2.59 bits per heavy atom. The van der Waals surface area contributed by atoms with Gasteiger partial charge in [0.05, 0.1) is 13.2 Å². The van der Waals surface area contributed by atoms with Crippen molar-refractivity contribution in [1.82, 2.24) is 9.88 Å². The van der Waals surface area contributed by atoms with Crippen molar-refractivity contribution < 1.29 is 9.84 Å². The lowest BCUT2D eigenvalue weighted by Crippen LogP contribution is -2.30. The largest absolute Gasteiger partial charge is 0.496 e. The highest BCUT2D eigenvalue weighted by atomic mass is 16.5. The molecule has 22 heavy (non-hydrogen) atoms. The average molecular weight is 300 g/mol. The summed E-state index contributed by atoms with van der Waals surface area (Å²) in [6.45, 7) is 4.52.